The summed E-state index contributed by atoms with van der Waals surface area (Å²) < 4.78 is 91.6. The van der Waals surface area contributed by atoms with Crippen molar-refractivity contribution in [3.8, 4) is 0 Å². The van der Waals surface area contributed by atoms with Crippen LogP contribution >= 0.6 is 0 Å². The van der Waals surface area contributed by atoms with Crippen LogP contribution in [0.25, 0.3) is 0 Å². The summed E-state index contributed by atoms with van der Waals surface area (Å²) in [5.41, 5.74) is -4.81. The number of alkyl halides is 6. The molecule has 0 aromatic carbocycles. The summed E-state index contributed by atoms with van der Waals surface area (Å²) in [6, 6.07) is 0. The zero-order valence-electron chi connectivity index (χ0n) is 12.3. The summed E-state index contributed by atoms with van der Waals surface area (Å²) >= 11 is 0. The molecule has 1 fully saturated rings. The second-order valence-corrected chi connectivity index (χ2v) is 4.97. The van der Waals surface area contributed by atoms with Crippen LogP contribution in [0.3, 0.4) is 0 Å². The summed E-state index contributed by atoms with van der Waals surface area (Å²) in [6.07, 6.45) is -11.7. The number of halogens is 6. The van der Waals surface area contributed by atoms with Crippen LogP contribution in [0.5, 0.6) is 0 Å². The Balaban J connectivity index is 2.77. The topological polar surface area (TPSA) is 51.2 Å². The third-order valence-corrected chi connectivity index (χ3v) is 3.24. The van der Waals surface area contributed by atoms with Gasteiger partial charge < -0.3 is 19.3 Å². The number of hydrogen-bond acceptors (Lipinski definition) is 5. The molecule has 1 N–H and O–H groups in total. The Morgan fingerprint density at radius 2 is 1.04 bits per heavy atom. The van der Waals surface area contributed by atoms with Gasteiger partial charge in [0.25, 0.3) is 5.60 Å². The van der Waals surface area contributed by atoms with Crippen molar-refractivity contribution in [2.24, 2.45) is 0 Å². The second-order valence-electron chi connectivity index (χ2n) is 4.97. The molecule has 0 atom stereocenters. The number of rotatable bonds is 2. The van der Waals surface area contributed by atoms with E-state index >= 15 is 0 Å². The summed E-state index contributed by atoms with van der Waals surface area (Å²) in [4.78, 5) is 0.823. The van der Waals surface area contributed by atoms with E-state index in [1.54, 1.807) is 0 Å². The van der Waals surface area contributed by atoms with Gasteiger partial charge in [0, 0.05) is 19.6 Å². The predicted molar refractivity (Wildman–Crippen MR) is 66.0 cm³/mol. The van der Waals surface area contributed by atoms with E-state index in [1.807, 2.05) is 0 Å². The molecule has 1 saturated heterocycles. The van der Waals surface area contributed by atoms with Crippen molar-refractivity contribution in [1.29, 1.82) is 0 Å². The Bertz CT molecular complexity index is 323. The molecule has 0 aliphatic carbocycles. The van der Waals surface area contributed by atoms with Gasteiger partial charge in [-0.25, -0.2) is 0 Å². The highest BCUT2D eigenvalue weighted by atomic mass is 19.4. The Hall–Kier alpha value is -0.620. The Labute approximate surface area is 129 Å². The summed E-state index contributed by atoms with van der Waals surface area (Å²) in [5.74, 6) is 0. The molecule has 138 valence electrons. The first kappa shape index (κ1) is 20.4. The molecule has 0 unspecified atom stereocenters. The largest absolute Gasteiger partial charge is 0.427 e. The van der Waals surface area contributed by atoms with Gasteiger partial charge >= 0.3 is 12.4 Å². The predicted octanol–water partition coefficient (Wildman–Crippen LogP) is 1.21. The third kappa shape index (κ3) is 6.07. The van der Waals surface area contributed by atoms with Gasteiger partial charge in [-0.3, -0.25) is 4.90 Å². The van der Waals surface area contributed by atoms with Crippen LogP contribution in [-0.4, -0.2) is 87.2 Å². The minimum atomic E-state index is -5.84. The van der Waals surface area contributed by atoms with Crippen molar-refractivity contribution in [3.05, 3.63) is 0 Å². The minimum absolute atomic E-state index is 0.0881. The lowest BCUT2D eigenvalue weighted by Gasteiger charge is -2.36. The summed E-state index contributed by atoms with van der Waals surface area (Å²) in [5, 5.41) is 9.23. The first-order valence-corrected chi connectivity index (χ1v) is 6.89. The monoisotopic (exact) mass is 355 g/mol. The highest BCUT2D eigenvalue weighted by Gasteiger charge is 2.70. The highest BCUT2D eigenvalue weighted by Crippen LogP contribution is 2.43. The van der Waals surface area contributed by atoms with Crippen LogP contribution in [0.1, 0.15) is 0 Å². The van der Waals surface area contributed by atoms with Gasteiger partial charge in [0.2, 0.25) is 0 Å². The maximum absolute atomic E-state index is 12.7. The van der Waals surface area contributed by atoms with Gasteiger partial charge in [-0.05, 0) is 0 Å². The Kier molecular flexibility index (Phi) is 7.52. The normalized spacial score (nSPS) is 21.5. The van der Waals surface area contributed by atoms with Crippen molar-refractivity contribution in [1.82, 2.24) is 4.90 Å². The average molecular weight is 355 g/mol. The second kappa shape index (κ2) is 8.47. The SMILES string of the molecule is OC(CN1CCOCCOCCOCC1)(C(F)(F)F)C(F)(F)F. The number of β-amino-alcohol motifs (C(OH)–C–C–N with tert-alkyl or cyclic N) is 1. The summed E-state index contributed by atoms with van der Waals surface area (Å²) in [6.45, 7) is -1.41. The average Bonchev–Trinajstić information content (AvgIpc) is 2.39. The molecule has 11 heteroatoms. The van der Waals surface area contributed by atoms with E-state index in [0.29, 0.717) is 0 Å². The van der Waals surface area contributed by atoms with Gasteiger partial charge in [-0.1, -0.05) is 0 Å². The lowest BCUT2D eigenvalue weighted by molar-refractivity contribution is -0.371. The van der Waals surface area contributed by atoms with Crippen LogP contribution < -0.4 is 0 Å². The van der Waals surface area contributed by atoms with E-state index in [0.717, 1.165) is 4.90 Å². The van der Waals surface area contributed by atoms with Crippen LogP contribution in [-0.2, 0) is 14.2 Å². The number of ether oxygens (including phenoxy) is 3. The molecule has 0 amide bonds. The van der Waals surface area contributed by atoms with E-state index in [-0.39, 0.29) is 52.7 Å². The first-order chi connectivity index (χ1) is 10.6. The first-order valence-electron chi connectivity index (χ1n) is 6.89. The quantitative estimate of drug-likeness (QED) is 0.755. The zero-order chi connectivity index (χ0) is 17.6. The molecule has 0 bridgehead atoms. The number of nitrogens with zero attached hydrogens (tertiary/aromatic N) is 1. The zero-order valence-corrected chi connectivity index (χ0v) is 12.3. The smallest absolute Gasteiger partial charge is 0.378 e. The van der Waals surface area contributed by atoms with E-state index < -0.39 is 24.5 Å². The van der Waals surface area contributed by atoms with Gasteiger partial charge in [0.1, 0.15) is 0 Å². The van der Waals surface area contributed by atoms with E-state index in [4.69, 9.17) is 14.2 Å². The molecule has 0 aromatic heterocycles. The third-order valence-electron chi connectivity index (χ3n) is 3.24. The van der Waals surface area contributed by atoms with Crippen LogP contribution in [0.2, 0.25) is 0 Å². The fraction of sp³-hybridized carbons (Fsp3) is 1.00. The molecule has 1 rings (SSSR count). The van der Waals surface area contributed by atoms with Crippen LogP contribution in [0.15, 0.2) is 0 Å². The number of aliphatic hydroxyl groups is 1. The van der Waals surface area contributed by atoms with Gasteiger partial charge in [-0.15, -0.1) is 0 Å². The summed E-state index contributed by atoms with van der Waals surface area (Å²) in [7, 11) is 0. The highest BCUT2D eigenvalue weighted by molar-refractivity contribution is 4.96. The molecule has 1 aliphatic rings. The van der Waals surface area contributed by atoms with Crippen LogP contribution in [0.4, 0.5) is 26.3 Å². The molecular formula is C12H19F6NO4. The van der Waals surface area contributed by atoms with E-state index in [2.05, 4.69) is 0 Å². The molecule has 0 aromatic rings. The van der Waals surface area contributed by atoms with Gasteiger partial charge in [0.15, 0.2) is 0 Å². The molecule has 0 saturated carbocycles. The fourth-order valence-electron chi connectivity index (χ4n) is 1.86. The molecule has 23 heavy (non-hydrogen) atoms. The number of hydrogen-bond donors (Lipinski definition) is 1. The molecule has 1 aliphatic heterocycles. The van der Waals surface area contributed by atoms with Gasteiger partial charge in [0.05, 0.1) is 39.6 Å². The van der Waals surface area contributed by atoms with Crippen molar-refractivity contribution in [2.75, 3.05) is 59.3 Å². The lowest BCUT2D eigenvalue weighted by atomic mass is 10.0. The Morgan fingerprint density at radius 1 is 0.696 bits per heavy atom. The van der Waals surface area contributed by atoms with E-state index in [9.17, 15) is 31.4 Å². The maximum atomic E-state index is 12.7. The molecule has 5 nitrogen and oxygen atoms in total. The van der Waals surface area contributed by atoms with Gasteiger partial charge in [-0.2, -0.15) is 26.3 Å². The molecule has 1 heterocycles. The van der Waals surface area contributed by atoms with Crippen molar-refractivity contribution in [3.63, 3.8) is 0 Å². The Morgan fingerprint density at radius 3 is 1.39 bits per heavy atom. The minimum Gasteiger partial charge on any atom is -0.378 e. The van der Waals surface area contributed by atoms with Crippen molar-refractivity contribution < 1.29 is 45.7 Å². The van der Waals surface area contributed by atoms with Crippen molar-refractivity contribution >= 4 is 0 Å². The standard InChI is InChI=1S/C12H19F6NO4/c13-11(14,15)10(20,12(16,17)18)9-19-1-3-21-5-7-23-8-6-22-4-2-19/h20H,1-9H2. The van der Waals surface area contributed by atoms with E-state index in [1.165, 1.54) is 0 Å². The lowest BCUT2D eigenvalue weighted by Crippen LogP contribution is -2.63. The van der Waals surface area contributed by atoms with Crippen LogP contribution in [0, 0.1) is 0 Å². The fourth-order valence-corrected chi connectivity index (χ4v) is 1.86. The van der Waals surface area contributed by atoms with Crippen molar-refractivity contribution in [2.45, 2.75) is 18.0 Å². The molecule has 0 spiro atoms. The molecular weight excluding hydrogens is 336 g/mol. The maximum Gasteiger partial charge on any atom is 0.427 e. The molecule has 0 radical (unpaired) electrons.